The van der Waals surface area contributed by atoms with Gasteiger partial charge in [0.2, 0.25) is 5.91 Å². The van der Waals surface area contributed by atoms with Crippen LogP contribution in [-0.2, 0) is 4.79 Å². The number of piperazine rings is 1. The van der Waals surface area contributed by atoms with Crippen molar-refractivity contribution in [2.24, 2.45) is 0 Å². The second-order valence-corrected chi connectivity index (χ2v) is 10.3. The highest BCUT2D eigenvalue weighted by molar-refractivity contribution is 5.99. The van der Waals surface area contributed by atoms with Crippen LogP contribution < -0.4 is 15.5 Å². The van der Waals surface area contributed by atoms with Gasteiger partial charge in [0.05, 0.1) is 22.5 Å². The van der Waals surface area contributed by atoms with Crippen LogP contribution in [0.4, 0.5) is 31.7 Å². The quantitative estimate of drug-likeness (QED) is 0.285. The number of nitrogens with zero attached hydrogens (tertiary/aromatic N) is 6. The number of rotatable bonds is 8. The summed E-state index contributed by atoms with van der Waals surface area (Å²) in [5, 5.41) is 23.9. The van der Waals surface area contributed by atoms with Gasteiger partial charge in [0, 0.05) is 50.0 Å². The lowest BCUT2D eigenvalue weighted by molar-refractivity contribution is -0.111. The standard InChI is InChI=1S/C28H30F2N8O2/c1-4-24(39)32-19-7-5-6-18(14-19)27-22-15-23(31-17-38(22)35-34-27)33-20-8-9-21(26(30)25(20)29)37-12-10-36(11-13-37)16-28(2,3)40/h4-9,14-15,17,33,40H,1,10-13,16H2,2-3H3,(H,32,39). The number of aromatic nitrogens is 4. The Morgan fingerprint density at radius 3 is 2.62 bits per heavy atom. The third kappa shape index (κ3) is 5.92. The molecule has 0 spiro atoms. The van der Waals surface area contributed by atoms with Crippen LogP contribution in [0, 0.1) is 11.6 Å². The lowest BCUT2D eigenvalue weighted by atomic mass is 10.1. The SMILES string of the molecule is C=CC(=O)Nc1cccc(-c2nnn3cnc(Nc4ccc(N5CCN(CC(C)(C)O)CC5)c(F)c4F)cc23)c1. The Labute approximate surface area is 229 Å². The maximum Gasteiger partial charge on any atom is 0.247 e. The number of hydrogen-bond acceptors (Lipinski definition) is 8. The molecule has 1 aliphatic rings. The summed E-state index contributed by atoms with van der Waals surface area (Å²) in [6, 6.07) is 11.8. The molecule has 2 aromatic heterocycles. The summed E-state index contributed by atoms with van der Waals surface area (Å²) in [7, 11) is 0. The Kier molecular flexibility index (Phi) is 7.46. The summed E-state index contributed by atoms with van der Waals surface area (Å²) < 4.78 is 31.8. The number of nitrogens with one attached hydrogen (secondary N) is 2. The number of benzene rings is 2. The minimum atomic E-state index is -1.00. The van der Waals surface area contributed by atoms with Gasteiger partial charge in [-0.15, -0.1) is 5.10 Å². The first-order chi connectivity index (χ1) is 19.1. The zero-order valence-corrected chi connectivity index (χ0v) is 22.2. The van der Waals surface area contributed by atoms with Crippen molar-refractivity contribution in [2.45, 2.75) is 19.4 Å². The zero-order valence-electron chi connectivity index (χ0n) is 22.2. The summed E-state index contributed by atoms with van der Waals surface area (Å²) in [4.78, 5) is 19.9. The Morgan fingerprint density at radius 1 is 1.12 bits per heavy atom. The van der Waals surface area contributed by atoms with Crippen LogP contribution in [0.3, 0.4) is 0 Å². The van der Waals surface area contributed by atoms with Crippen LogP contribution in [-0.4, -0.2) is 74.0 Å². The highest BCUT2D eigenvalue weighted by Gasteiger charge is 2.25. The molecular weight excluding hydrogens is 518 g/mol. The molecule has 1 fully saturated rings. The van der Waals surface area contributed by atoms with Crippen LogP contribution in [0.25, 0.3) is 16.8 Å². The molecule has 12 heteroatoms. The zero-order chi connectivity index (χ0) is 28.4. The topological polar surface area (TPSA) is 111 Å². The lowest BCUT2D eigenvalue weighted by Crippen LogP contribution is -2.50. The van der Waals surface area contributed by atoms with E-state index in [1.54, 1.807) is 44.2 Å². The third-order valence-corrected chi connectivity index (χ3v) is 6.55. The fourth-order valence-electron chi connectivity index (χ4n) is 4.73. The minimum Gasteiger partial charge on any atom is -0.389 e. The largest absolute Gasteiger partial charge is 0.389 e. The molecule has 0 saturated carbocycles. The Balaban J connectivity index is 1.34. The first kappa shape index (κ1) is 27.2. The molecule has 10 nitrogen and oxygen atoms in total. The summed E-state index contributed by atoms with van der Waals surface area (Å²) in [5.41, 5.74) is 1.68. The number of β-amino-alcohol motifs (C(OH)–C–C–N with tert-alkyl or cyclic N) is 1. The maximum absolute atomic E-state index is 15.2. The van der Waals surface area contributed by atoms with E-state index in [9.17, 15) is 9.90 Å². The van der Waals surface area contributed by atoms with Gasteiger partial charge in [-0.1, -0.05) is 23.9 Å². The number of amides is 1. The average molecular weight is 549 g/mol. The van der Waals surface area contributed by atoms with E-state index >= 15 is 8.78 Å². The third-order valence-electron chi connectivity index (χ3n) is 6.55. The first-order valence-electron chi connectivity index (χ1n) is 12.8. The van der Waals surface area contributed by atoms with Crippen LogP contribution in [0.15, 0.2) is 61.4 Å². The van der Waals surface area contributed by atoms with E-state index in [1.165, 1.54) is 23.0 Å². The first-order valence-corrected chi connectivity index (χ1v) is 12.8. The molecule has 208 valence electrons. The van der Waals surface area contributed by atoms with E-state index in [0.29, 0.717) is 55.2 Å². The second kappa shape index (κ2) is 11.0. The molecule has 0 aliphatic carbocycles. The van der Waals surface area contributed by atoms with E-state index in [1.807, 2.05) is 11.0 Å². The fraction of sp³-hybridized carbons (Fsp3) is 0.286. The fourth-order valence-corrected chi connectivity index (χ4v) is 4.73. The molecule has 0 atom stereocenters. The van der Waals surface area contributed by atoms with E-state index in [4.69, 9.17) is 0 Å². The summed E-state index contributed by atoms with van der Waals surface area (Å²) >= 11 is 0. The van der Waals surface area contributed by atoms with E-state index in [0.717, 1.165) is 0 Å². The number of halogens is 2. The smallest absolute Gasteiger partial charge is 0.247 e. The summed E-state index contributed by atoms with van der Waals surface area (Å²) in [6.07, 6.45) is 2.60. The molecule has 1 amide bonds. The second-order valence-electron chi connectivity index (χ2n) is 10.3. The number of aliphatic hydroxyl groups is 1. The van der Waals surface area contributed by atoms with Gasteiger partial charge in [0.15, 0.2) is 11.6 Å². The number of hydrogen-bond donors (Lipinski definition) is 3. The molecule has 3 heterocycles. The van der Waals surface area contributed by atoms with Crippen LogP contribution >= 0.6 is 0 Å². The van der Waals surface area contributed by atoms with E-state index in [2.05, 4.69) is 37.4 Å². The molecule has 40 heavy (non-hydrogen) atoms. The van der Waals surface area contributed by atoms with Gasteiger partial charge in [-0.05, 0) is 44.2 Å². The normalized spacial score (nSPS) is 14.4. The van der Waals surface area contributed by atoms with Gasteiger partial charge in [0.25, 0.3) is 0 Å². The molecule has 1 aliphatic heterocycles. The van der Waals surface area contributed by atoms with Crippen molar-refractivity contribution in [3.8, 4) is 11.3 Å². The maximum atomic E-state index is 15.2. The summed E-state index contributed by atoms with van der Waals surface area (Å²) in [6.45, 7) is 9.79. The number of carbonyl (C=O) groups excluding carboxylic acids is 1. The van der Waals surface area contributed by atoms with Crippen molar-refractivity contribution in [1.29, 1.82) is 0 Å². The summed E-state index contributed by atoms with van der Waals surface area (Å²) in [5.74, 6) is -2.00. The molecular formula is C28H30F2N8O2. The minimum absolute atomic E-state index is 0.0538. The van der Waals surface area contributed by atoms with Gasteiger partial charge in [-0.3, -0.25) is 9.69 Å². The highest BCUT2D eigenvalue weighted by atomic mass is 19.2. The molecule has 1 saturated heterocycles. The van der Waals surface area contributed by atoms with E-state index in [-0.39, 0.29) is 23.1 Å². The molecule has 4 aromatic rings. The van der Waals surface area contributed by atoms with Gasteiger partial charge < -0.3 is 20.6 Å². The van der Waals surface area contributed by atoms with Crippen molar-refractivity contribution in [1.82, 2.24) is 24.7 Å². The Hall–Kier alpha value is -4.42. The van der Waals surface area contributed by atoms with Gasteiger partial charge >= 0.3 is 0 Å². The van der Waals surface area contributed by atoms with Gasteiger partial charge in [-0.2, -0.15) is 0 Å². The molecule has 0 bridgehead atoms. The van der Waals surface area contributed by atoms with Crippen molar-refractivity contribution >= 4 is 34.3 Å². The molecule has 5 rings (SSSR count). The van der Waals surface area contributed by atoms with Crippen LogP contribution in [0.5, 0.6) is 0 Å². The lowest BCUT2D eigenvalue weighted by Gasteiger charge is -2.38. The van der Waals surface area contributed by atoms with Crippen molar-refractivity contribution in [3.05, 3.63) is 73.1 Å². The van der Waals surface area contributed by atoms with Crippen molar-refractivity contribution < 1.29 is 18.7 Å². The highest BCUT2D eigenvalue weighted by Crippen LogP contribution is 2.31. The van der Waals surface area contributed by atoms with Crippen LogP contribution in [0.1, 0.15) is 13.8 Å². The van der Waals surface area contributed by atoms with Gasteiger partial charge in [-0.25, -0.2) is 18.3 Å². The Bertz CT molecular complexity index is 1560. The monoisotopic (exact) mass is 548 g/mol. The molecule has 3 N–H and O–H groups in total. The van der Waals surface area contributed by atoms with E-state index < -0.39 is 17.2 Å². The predicted octanol–water partition coefficient (Wildman–Crippen LogP) is 3.83. The average Bonchev–Trinajstić information content (AvgIpc) is 3.35. The number of carbonyl (C=O) groups is 1. The molecule has 0 radical (unpaired) electrons. The Morgan fingerprint density at radius 2 is 1.90 bits per heavy atom. The number of fused-ring (bicyclic) bond motifs is 1. The van der Waals surface area contributed by atoms with Crippen molar-refractivity contribution in [3.63, 3.8) is 0 Å². The van der Waals surface area contributed by atoms with Gasteiger partial charge in [0.1, 0.15) is 17.8 Å². The predicted molar refractivity (Wildman–Crippen MR) is 150 cm³/mol. The molecule has 2 aromatic carbocycles. The molecule has 0 unspecified atom stereocenters. The van der Waals surface area contributed by atoms with Crippen molar-refractivity contribution in [2.75, 3.05) is 48.3 Å². The van der Waals surface area contributed by atoms with Crippen LogP contribution in [0.2, 0.25) is 0 Å². The number of anilines is 4.